The van der Waals surface area contributed by atoms with Crippen LogP contribution in [-0.2, 0) is 0 Å². The summed E-state index contributed by atoms with van der Waals surface area (Å²) in [7, 11) is 0. The van der Waals surface area contributed by atoms with E-state index in [1.807, 2.05) is 13.8 Å². The Bertz CT molecular complexity index is 90.2. The van der Waals surface area contributed by atoms with Crippen molar-refractivity contribution >= 4 is 0 Å². The molecule has 0 saturated heterocycles. The summed E-state index contributed by atoms with van der Waals surface area (Å²) in [6, 6.07) is 0. The second-order valence-corrected chi connectivity index (χ2v) is 3.60. The fourth-order valence-electron chi connectivity index (χ4n) is 0.998. The lowest BCUT2D eigenvalue weighted by atomic mass is 10.1. The Morgan fingerprint density at radius 1 is 1.00 bits per heavy atom. The molecule has 0 atom stereocenters. The normalized spacial score (nSPS) is 10.3. The van der Waals surface area contributed by atoms with Crippen LogP contribution in [0.4, 0.5) is 0 Å². The molecule has 0 saturated carbocycles. The Kier molecular flexibility index (Phi) is 16.7. The van der Waals surface area contributed by atoms with Crippen LogP contribution in [0.5, 0.6) is 0 Å². The minimum atomic E-state index is 0.817. The molecule has 13 heavy (non-hydrogen) atoms. The van der Waals surface area contributed by atoms with E-state index in [0.29, 0.717) is 0 Å². The fraction of sp³-hybridized carbons (Fsp3) is 0.846. The van der Waals surface area contributed by atoms with Crippen LogP contribution in [0.1, 0.15) is 66.7 Å². The first-order valence-corrected chi connectivity index (χ1v) is 5.92. The van der Waals surface area contributed by atoms with Crippen molar-refractivity contribution < 1.29 is 0 Å². The summed E-state index contributed by atoms with van der Waals surface area (Å²) in [6.45, 7) is 10.8. The van der Waals surface area contributed by atoms with Gasteiger partial charge < -0.3 is 0 Å². The van der Waals surface area contributed by atoms with E-state index in [0.717, 1.165) is 5.92 Å². The molecule has 0 aromatic rings. The molecule has 0 amide bonds. The molecule has 0 bridgehead atoms. The van der Waals surface area contributed by atoms with E-state index in [1.54, 1.807) is 0 Å². The largest absolute Gasteiger partial charge is 0.0885 e. The maximum Gasteiger partial charge on any atom is -0.0327 e. The highest BCUT2D eigenvalue weighted by molar-refractivity contribution is 4.82. The van der Waals surface area contributed by atoms with E-state index in [1.165, 1.54) is 32.1 Å². The van der Waals surface area contributed by atoms with Gasteiger partial charge in [0.15, 0.2) is 0 Å². The van der Waals surface area contributed by atoms with E-state index in [4.69, 9.17) is 0 Å². The second-order valence-electron chi connectivity index (χ2n) is 3.60. The SMILES string of the molecule is CC.CCCCC/C=C\CC(C)C. The molecule has 0 unspecified atom stereocenters. The lowest BCUT2D eigenvalue weighted by Gasteiger charge is -1.96. The predicted molar refractivity (Wildman–Crippen MR) is 64.1 cm³/mol. The maximum absolute atomic E-state index is 2.33. The molecule has 0 heterocycles. The van der Waals surface area contributed by atoms with Gasteiger partial charge >= 0.3 is 0 Å². The van der Waals surface area contributed by atoms with Crippen molar-refractivity contribution in [3.8, 4) is 0 Å². The van der Waals surface area contributed by atoms with Crippen molar-refractivity contribution in [3.63, 3.8) is 0 Å². The first-order chi connectivity index (χ1) is 6.27. The van der Waals surface area contributed by atoms with Gasteiger partial charge in [0.1, 0.15) is 0 Å². The van der Waals surface area contributed by atoms with Gasteiger partial charge in [-0.2, -0.15) is 0 Å². The molecule has 0 radical (unpaired) electrons. The third-order valence-electron chi connectivity index (χ3n) is 1.75. The van der Waals surface area contributed by atoms with Crippen LogP contribution in [0, 0.1) is 5.92 Å². The first kappa shape index (κ1) is 15.2. The number of rotatable bonds is 6. The van der Waals surface area contributed by atoms with Gasteiger partial charge in [-0.25, -0.2) is 0 Å². The van der Waals surface area contributed by atoms with E-state index in [9.17, 15) is 0 Å². The zero-order chi connectivity index (χ0) is 10.5. The topological polar surface area (TPSA) is 0 Å². The summed E-state index contributed by atoms with van der Waals surface area (Å²) in [5.74, 6) is 0.817. The Morgan fingerprint density at radius 3 is 2.08 bits per heavy atom. The Balaban J connectivity index is 0. The average Bonchev–Trinajstić information content (AvgIpc) is 2.14. The second kappa shape index (κ2) is 14.3. The molecular formula is C13H28. The van der Waals surface area contributed by atoms with Crippen LogP contribution in [0.15, 0.2) is 12.2 Å². The molecule has 0 heteroatoms. The Morgan fingerprint density at radius 2 is 1.62 bits per heavy atom. The van der Waals surface area contributed by atoms with E-state index >= 15 is 0 Å². The third kappa shape index (κ3) is 18.6. The summed E-state index contributed by atoms with van der Waals surface area (Å²) in [5.41, 5.74) is 0. The van der Waals surface area contributed by atoms with Crippen molar-refractivity contribution in [1.82, 2.24) is 0 Å². The van der Waals surface area contributed by atoms with Crippen molar-refractivity contribution in [2.45, 2.75) is 66.7 Å². The van der Waals surface area contributed by atoms with Gasteiger partial charge in [-0.05, 0) is 25.2 Å². The fourth-order valence-corrected chi connectivity index (χ4v) is 0.998. The molecule has 0 rings (SSSR count). The molecule has 0 fully saturated rings. The lowest BCUT2D eigenvalue weighted by Crippen LogP contribution is -1.81. The summed E-state index contributed by atoms with van der Waals surface area (Å²) in [6.07, 6.45) is 11.2. The zero-order valence-electron chi connectivity index (χ0n) is 10.3. The summed E-state index contributed by atoms with van der Waals surface area (Å²) < 4.78 is 0. The number of unbranched alkanes of at least 4 members (excludes halogenated alkanes) is 3. The molecule has 0 aliphatic carbocycles. The van der Waals surface area contributed by atoms with Gasteiger partial charge in [0.2, 0.25) is 0 Å². The molecular weight excluding hydrogens is 156 g/mol. The van der Waals surface area contributed by atoms with Crippen molar-refractivity contribution in [3.05, 3.63) is 12.2 Å². The number of allylic oxidation sites excluding steroid dienone is 2. The lowest BCUT2D eigenvalue weighted by molar-refractivity contribution is 0.659. The molecule has 0 nitrogen and oxygen atoms in total. The van der Waals surface area contributed by atoms with E-state index in [-0.39, 0.29) is 0 Å². The standard InChI is InChI=1S/C11H22.C2H6/c1-4-5-6-7-8-9-10-11(2)3;1-2/h8-9,11H,4-7,10H2,1-3H3;1-2H3/b9-8-;. The molecule has 0 aliphatic rings. The third-order valence-corrected chi connectivity index (χ3v) is 1.75. The van der Waals surface area contributed by atoms with Gasteiger partial charge in [0.25, 0.3) is 0 Å². The highest BCUT2D eigenvalue weighted by Crippen LogP contribution is 2.03. The van der Waals surface area contributed by atoms with E-state index in [2.05, 4.69) is 32.9 Å². The molecule has 0 aliphatic heterocycles. The predicted octanol–water partition coefficient (Wildman–Crippen LogP) is 5.20. The minimum Gasteiger partial charge on any atom is -0.0885 e. The molecule has 0 aromatic carbocycles. The zero-order valence-corrected chi connectivity index (χ0v) is 10.3. The summed E-state index contributed by atoms with van der Waals surface area (Å²) in [5, 5.41) is 0. The smallest absolute Gasteiger partial charge is 0.0327 e. The van der Waals surface area contributed by atoms with Crippen LogP contribution < -0.4 is 0 Å². The molecule has 0 aromatic heterocycles. The van der Waals surface area contributed by atoms with Crippen LogP contribution in [0.2, 0.25) is 0 Å². The quantitative estimate of drug-likeness (QED) is 0.393. The van der Waals surface area contributed by atoms with Crippen molar-refractivity contribution in [2.24, 2.45) is 5.92 Å². The summed E-state index contributed by atoms with van der Waals surface area (Å²) >= 11 is 0. The van der Waals surface area contributed by atoms with Crippen LogP contribution in [0.3, 0.4) is 0 Å². The average molecular weight is 184 g/mol. The van der Waals surface area contributed by atoms with Gasteiger partial charge in [0.05, 0.1) is 0 Å². The summed E-state index contributed by atoms with van der Waals surface area (Å²) in [4.78, 5) is 0. The minimum absolute atomic E-state index is 0.817. The first-order valence-electron chi connectivity index (χ1n) is 5.92. The maximum atomic E-state index is 2.33. The van der Waals surface area contributed by atoms with Crippen molar-refractivity contribution in [1.29, 1.82) is 0 Å². The van der Waals surface area contributed by atoms with Gasteiger partial charge in [-0.15, -0.1) is 0 Å². The number of hydrogen-bond acceptors (Lipinski definition) is 0. The van der Waals surface area contributed by atoms with Gasteiger partial charge in [-0.1, -0.05) is 59.6 Å². The molecule has 0 N–H and O–H groups in total. The highest BCUT2D eigenvalue weighted by Gasteiger charge is 1.86. The van der Waals surface area contributed by atoms with Crippen molar-refractivity contribution in [2.75, 3.05) is 0 Å². The molecule has 0 spiro atoms. The van der Waals surface area contributed by atoms with Gasteiger partial charge in [0, 0.05) is 0 Å². The molecule has 80 valence electrons. The van der Waals surface area contributed by atoms with E-state index < -0.39 is 0 Å². The van der Waals surface area contributed by atoms with Gasteiger partial charge in [-0.3, -0.25) is 0 Å². The monoisotopic (exact) mass is 184 g/mol. The highest BCUT2D eigenvalue weighted by atomic mass is 13.9. The number of hydrogen-bond donors (Lipinski definition) is 0. The van der Waals surface area contributed by atoms with Crippen LogP contribution in [-0.4, -0.2) is 0 Å². The Labute approximate surface area is 85.4 Å². The van der Waals surface area contributed by atoms with Crippen LogP contribution >= 0.6 is 0 Å². The Hall–Kier alpha value is -0.260. The van der Waals surface area contributed by atoms with Crippen LogP contribution in [0.25, 0.3) is 0 Å².